The molecule has 1 aromatic carbocycles. The summed E-state index contributed by atoms with van der Waals surface area (Å²) in [4.78, 5) is 0. The number of hydrogen-bond acceptors (Lipinski definition) is 3. The molecular weight excluding hydrogens is 262 g/mol. The number of rotatable bonds is 8. The zero-order valence-electron chi connectivity index (χ0n) is 12.5. The zero-order chi connectivity index (χ0) is 14.5. The summed E-state index contributed by atoms with van der Waals surface area (Å²) in [5, 5.41) is 3.40. The van der Waals surface area contributed by atoms with E-state index in [1.807, 2.05) is 30.3 Å². The molecule has 0 bridgehead atoms. The largest absolute Gasteiger partial charge is 0.494 e. The first-order valence-electron chi connectivity index (χ1n) is 7.80. The van der Waals surface area contributed by atoms with Crippen molar-refractivity contribution in [2.75, 3.05) is 13.2 Å². The monoisotopic (exact) mass is 285 g/mol. The number of ether oxygens (including phenoxy) is 1. The van der Waals surface area contributed by atoms with Gasteiger partial charge in [-0.2, -0.15) is 0 Å². The molecule has 3 nitrogen and oxygen atoms in total. The average molecular weight is 285 g/mol. The molecule has 0 radical (unpaired) electrons. The predicted octanol–water partition coefficient (Wildman–Crippen LogP) is 3.96. The minimum Gasteiger partial charge on any atom is -0.494 e. The number of benzene rings is 1. The molecule has 112 valence electrons. The van der Waals surface area contributed by atoms with Gasteiger partial charge in [0.05, 0.1) is 13.2 Å². The lowest BCUT2D eigenvalue weighted by atomic mass is 10.3. The topological polar surface area (TPSA) is 34.4 Å². The second-order valence-corrected chi connectivity index (χ2v) is 5.82. The van der Waals surface area contributed by atoms with Crippen LogP contribution in [-0.2, 0) is 6.54 Å². The van der Waals surface area contributed by atoms with Crippen molar-refractivity contribution in [2.24, 2.45) is 5.92 Å². The van der Waals surface area contributed by atoms with E-state index < -0.39 is 0 Å². The Morgan fingerprint density at radius 1 is 1.19 bits per heavy atom. The minimum absolute atomic E-state index is 0.665. The summed E-state index contributed by atoms with van der Waals surface area (Å²) in [5.41, 5.74) is 0. The molecule has 3 heteroatoms. The van der Waals surface area contributed by atoms with Crippen LogP contribution in [0.3, 0.4) is 0 Å². The van der Waals surface area contributed by atoms with E-state index in [9.17, 15) is 0 Å². The van der Waals surface area contributed by atoms with E-state index in [1.54, 1.807) is 0 Å². The van der Waals surface area contributed by atoms with Gasteiger partial charge in [-0.1, -0.05) is 25.1 Å². The van der Waals surface area contributed by atoms with Crippen LogP contribution in [0.4, 0.5) is 0 Å². The highest BCUT2D eigenvalue weighted by molar-refractivity contribution is 5.20. The highest BCUT2D eigenvalue weighted by atomic mass is 16.5. The third-order valence-electron chi connectivity index (χ3n) is 3.97. The zero-order valence-corrected chi connectivity index (χ0v) is 12.5. The number of hydrogen-bond donors (Lipinski definition) is 1. The Labute approximate surface area is 126 Å². The van der Waals surface area contributed by atoms with Crippen LogP contribution in [0.15, 0.2) is 46.9 Å². The van der Waals surface area contributed by atoms with Gasteiger partial charge in [0, 0.05) is 5.92 Å². The smallest absolute Gasteiger partial charge is 0.119 e. The molecular formula is C18H23NO2. The van der Waals surface area contributed by atoms with Gasteiger partial charge in [0.1, 0.15) is 17.3 Å². The van der Waals surface area contributed by atoms with Gasteiger partial charge in [0.15, 0.2) is 0 Å². The lowest BCUT2D eigenvalue weighted by Crippen LogP contribution is -2.16. The Morgan fingerprint density at radius 3 is 2.76 bits per heavy atom. The molecule has 0 spiro atoms. The van der Waals surface area contributed by atoms with Crippen molar-refractivity contribution in [3.63, 3.8) is 0 Å². The SMILES string of the molecule is CC1CC1c1ccc(CNCCCOc2ccccc2)o1. The van der Waals surface area contributed by atoms with Crippen molar-refractivity contribution in [1.82, 2.24) is 5.32 Å². The van der Waals surface area contributed by atoms with Crippen molar-refractivity contribution in [3.8, 4) is 5.75 Å². The van der Waals surface area contributed by atoms with Gasteiger partial charge in [0.2, 0.25) is 0 Å². The third kappa shape index (κ3) is 4.11. The second kappa shape index (κ2) is 6.81. The van der Waals surface area contributed by atoms with Gasteiger partial charge in [-0.3, -0.25) is 0 Å². The third-order valence-corrected chi connectivity index (χ3v) is 3.97. The fourth-order valence-corrected chi connectivity index (χ4v) is 2.52. The maximum atomic E-state index is 5.86. The quantitative estimate of drug-likeness (QED) is 0.745. The van der Waals surface area contributed by atoms with Crippen LogP contribution in [0.2, 0.25) is 0 Å². The van der Waals surface area contributed by atoms with Crippen molar-refractivity contribution in [3.05, 3.63) is 54.0 Å². The molecule has 1 heterocycles. The van der Waals surface area contributed by atoms with Crippen molar-refractivity contribution in [2.45, 2.75) is 32.2 Å². The molecule has 0 amide bonds. The maximum absolute atomic E-state index is 5.86. The lowest BCUT2D eigenvalue weighted by molar-refractivity contribution is 0.306. The average Bonchev–Trinajstić information content (AvgIpc) is 3.06. The maximum Gasteiger partial charge on any atom is 0.119 e. The van der Waals surface area contributed by atoms with Crippen LogP contribution in [0.5, 0.6) is 5.75 Å². The van der Waals surface area contributed by atoms with E-state index >= 15 is 0 Å². The van der Waals surface area contributed by atoms with E-state index in [0.29, 0.717) is 5.92 Å². The molecule has 2 unspecified atom stereocenters. The van der Waals surface area contributed by atoms with Gasteiger partial charge >= 0.3 is 0 Å². The van der Waals surface area contributed by atoms with Gasteiger partial charge in [0.25, 0.3) is 0 Å². The first-order valence-corrected chi connectivity index (χ1v) is 7.80. The van der Waals surface area contributed by atoms with E-state index in [-0.39, 0.29) is 0 Å². The van der Waals surface area contributed by atoms with E-state index in [0.717, 1.165) is 49.3 Å². The first kappa shape index (κ1) is 14.2. The molecule has 0 aliphatic heterocycles. The summed E-state index contributed by atoms with van der Waals surface area (Å²) in [5.74, 6) is 4.59. The van der Waals surface area contributed by atoms with Crippen molar-refractivity contribution >= 4 is 0 Å². The molecule has 21 heavy (non-hydrogen) atoms. The van der Waals surface area contributed by atoms with Crippen LogP contribution in [-0.4, -0.2) is 13.2 Å². The summed E-state index contributed by atoms with van der Waals surface area (Å²) in [6, 6.07) is 14.2. The van der Waals surface area contributed by atoms with Crippen LogP contribution in [0.1, 0.15) is 37.2 Å². The Balaban J connectivity index is 1.29. The fourth-order valence-electron chi connectivity index (χ4n) is 2.52. The molecule has 1 aliphatic carbocycles. The number of furan rings is 1. The van der Waals surface area contributed by atoms with Gasteiger partial charge in [-0.25, -0.2) is 0 Å². The molecule has 3 rings (SSSR count). The standard InChI is InChI=1S/C18H23NO2/c1-14-12-17(14)18-9-8-16(21-18)13-19-10-5-11-20-15-6-3-2-4-7-15/h2-4,6-9,14,17,19H,5,10-13H2,1H3. The molecule has 1 aromatic heterocycles. The Bertz CT molecular complexity index is 549. The van der Waals surface area contributed by atoms with Crippen molar-refractivity contribution < 1.29 is 9.15 Å². The summed E-state index contributed by atoms with van der Waals surface area (Å²) in [6.45, 7) is 4.74. The Morgan fingerprint density at radius 2 is 2.00 bits per heavy atom. The molecule has 0 saturated heterocycles. The van der Waals surface area contributed by atoms with Gasteiger partial charge < -0.3 is 14.5 Å². The minimum atomic E-state index is 0.665. The summed E-state index contributed by atoms with van der Waals surface area (Å²) < 4.78 is 11.5. The summed E-state index contributed by atoms with van der Waals surface area (Å²) in [7, 11) is 0. The Hall–Kier alpha value is -1.74. The highest BCUT2D eigenvalue weighted by Crippen LogP contribution is 2.47. The molecule has 2 atom stereocenters. The predicted molar refractivity (Wildman–Crippen MR) is 83.5 cm³/mol. The van der Waals surface area contributed by atoms with E-state index in [4.69, 9.17) is 9.15 Å². The number of para-hydroxylation sites is 1. The molecule has 2 aromatic rings. The second-order valence-electron chi connectivity index (χ2n) is 5.82. The van der Waals surface area contributed by atoms with Crippen molar-refractivity contribution in [1.29, 1.82) is 0 Å². The first-order chi connectivity index (χ1) is 10.3. The van der Waals surface area contributed by atoms with E-state index in [1.165, 1.54) is 6.42 Å². The molecule has 1 N–H and O–H groups in total. The normalized spacial score (nSPS) is 20.4. The van der Waals surface area contributed by atoms with Gasteiger partial charge in [-0.15, -0.1) is 0 Å². The Kier molecular flexibility index (Phi) is 4.61. The fraction of sp³-hybridized carbons (Fsp3) is 0.444. The van der Waals surface area contributed by atoms with Crippen LogP contribution in [0, 0.1) is 5.92 Å². The van der Waals surface area contributed by atoms with Gasteiger partial charge in [-0.05, 0) is 49.6 Å². The van der Waals surface area contributed by atoms with Crippen LogP contribution >= 0.6 is 0 Å². The summed E-state index contributed by atoms with van der Waals surface area (Å²) >= 11 is 0. The van der Waals surface area contributed by atoms with E-state index in [2.05, 4.69) is 24.4 Å². The van der Waals surface area contributed by atoms with Crippen LogP contribution in [0.25, 0.3) is 0 Å². The summed E-state index contributed by atoms with van der Waals surface area (Å²) in [6.07, 6.45) is 2.26. The number of nitrogens with one attached hydrogen (secondary N) is 1. The van der Waals surface area contributed by atoms with Crippen LogP contribution < -0.4 is 10.1 Å². The molecule has 1 fully saturated rings. The molecule has 1 aliphatic rings. The lowest BCUT2D eigenvalue weighted by Gasteiger charge is -2.06. The molecule has 1 saturated carbocycles. The highest BCUT2D eigenvalue weighted by Gasteiger charge is 2.36.